The molecule has 0 saturated carbocycles. The van der Waals surface area contributed by atoms with Gasteiger partial charge in [-0.2, -0.15) is 0 Å². The van der Waals surface area contributed by atoms with E-state index in [1.54, 1.807) is 36.4 Å². The van der Waals surface area contributed by atoms with E-state index in [-0.39, 0.29) is 17.3 Å². The van der Waals surface area contributed by atoms with Crippen LogP contribution in [0.25, 0.3) is 0 Å². The number of hydrogen-bond donors (Lipinski definition) is 1. The van der Waals surface area contributed by atoms with Crippen LogP contribution in [-0.4, -0.2) is 27.4 Å². The van der Waals surface area contributed by atoms with Crippen molar-refractivity contribution < 1.29 is 13.2 Å². The Morgan fingerprint density at radius 1 is 0.941 bits per heavy atom. The molecule has 0 aliphatic carbocycles. The molecule has 0 heterocycles. The maximum absolute atomic E-state index is 13.5. The van der Waals surface area contributed by atoms with Gasteiger partial charge in [-0.3, -0.25) is 9.10 Å². The van der Waals surface area contributed by atoms with E-state index in [9.17, 15) is 13.2 Å². The van der Waals surface area contributed by atoms with Gasteiger partial charge in [0, 0.05) is 11.6 Å². The monoisotopic (exact) mass is 498 g/mol. The van der Waals surface area contributed by atoms with Gasteiger partial charge in [-0.25, -0.2) is 8.42 Å². The van der Waals surface area contributed by atoms with Crippen LogP contribution in [-0.2, 0) is 21.2 Å². The summed E-state index contributed by atoms with van der Waals surface area (Å²) < 4.78 is 28.1. The summed E-state index contributed by atoms with van der Waals surface area (Å²) in [4.78, 5) is 12.9. The Kier molecular flexibility index (Phi) is 8.75. The van der Waals surface area contributed by atoms with Crippen LogP contribution in [0.4, 0.5) is 5.69 Å². The fraction of sp³-hybridized carbons (Fsp3) is 0.296. The lowest BCUT2D eigenvalue weighted by atomic mass is 10.0. The molecule has 0 aromatic heterocycles. The lowest BCUT2D eigenvalue weighted by molar-refractivity contribution is -0.119. The second-order valence-electron chi connectivity index (χ2n) is 8.65. The molecular formula is C27H31ClN2O3S. The number of carbonyl (C=O) groups excluding carboxylic acids is 1. The van der Waals surface area contributed by atoms with Crippen molar-refractivity contribution in [3.05, 3.63) is 94.5 Å². The fourth-order valence-electron chi connectivity index (χ4n) is 3.54. The summed E-state index contributed by atoms with van der Waals surface area (Å²) in [6.45, 7) is 6.21. The van der Waals surface area contributed by atoms with Crippen molar-refractivity contribution in [2.24, 2.45) is 0 Å². The van der Waals surface area contributed by atoms with Crippen molar-refractivity contribution >= 4 is 33.2 Å². The zero-order valence-electron chi connectivity index (χ0n) is 19.8. The molecule has 0 aliphatic heterocycles. The number of anilines is 1. The Labute approximate surface area is 207 Å². The van der Waals surface area contributed by atoms with E-state index in [0.29, 0.717) is 23.2 Å². The average molecular weight is 499 g/mol. The molecule has 0 unspecified atom stereocenters. The number of carbonyl (C=O) groups is 1. The lowest BCUT2D eigenvalue weighted by Crippen LogP contribution is -2.41. The van der Waals surface area contributed by atoms with Crippen LogP contribution in [0, 0.1) is 6.92 Å². The molecule has 180 valence electrons. The summed E-state index contributed by atoms with van der Waals surface area (Å²) in [5.41, 5.74) is 3.65. The number of halogens is 1. The molecule has 0 bridgehead atoms. The zero-order valence-corrected chi connectivity index (χ0v) is 21.4. The molecule has 34 heavy (non-hydrogen) atoms. The average Bonchev–Trinajstić information content (AvgIpc) is 2.81. The molecule has 0 spiro atoms. The minimum atomic E-state index is -3.92. The van der Waals surface area contributed by atoms with Gasteiger partial charge in [-0.1, -0.05) is 67.4 Å². The number of amides is 1. The van der Waals surface area contributed by atoms with Crippen LogP contribution in [0.2, 0.25) is 5.02 Å². The first-order chi connectivity index (χ1) is 16.2. The van der Waals surface area contributed by atoms with Gasteiger partial charge >= 0.3 is 0 Å². The standard InChI is InChI=1S/C27H31ClN2O3S/c1-20(2)23-10-14-25(15-11-23)30(34(32,33)26-16-6-21(3)7-17-26)19-27(31)29-18-4-5-22-8-12-24(28)13-9-22/h6-17,20H,4-5,18-19H2,1-3H3,(H,29,31). The molecule has 3 rings (SSSR count). The smallest absolute Gasteiger partial charge is 0.264 e. The highest BCUT2D eigenvalue weighted by atomic mass is 35.5. The first-order valence-electron chi connectivity index (χ1n) is 11.4. The van der Waals surface area contributed by atoms with Crippen LogP contribution >= 0.6 is 11.6 Å². The van der Waals surface area contributed by atoms with E-state index in [2.05, 4.69) is 19.2 Å². The van der Waals surface area contributed by atoms with Crippen LogP contribution in [0.5, 0.6) is 0 Å². The third-order valence-electron chi connectivity index (χ3n) is 5.62. The molecule has 3 aromatic carbocycles. The molecule has 0 fully saturated rings. The molecule has 3 aromatic rings. The summed E-state index contributed by atoms with van der Waals surface area (Å²) >= 11 is 5.92. The molecular weight excluding hydrogens is 468 g/mol. The predicted molar refractivity (Wildman–Crippen MR) is 139 cm³/mol. The van der Waals surface area contributed by atoms with Gasteiger partial charge < -0.3 is 5.32 Å². The van der Waals surface area contributed by atoms with Gasteiger partial charge in [-0.05, 0) is 73.2 Å². The number of nitrogens with zero attached hydrogens (tertiary/aromatic N) is 1. The number of hydrogen-bond acceptors (Lipinski definition) is 3. The lowest BCUT2D eigenvalue weighted by Gasteiger charge is -2.24. The number of nitrogens with one attached hydrogen (secondary N) is 1. The van der Waals surface area contributed by atoms with Crippen molar-refractivity contribution in [3.8, 4) is 0 Å². The normalized spacial score (nSPS) is 11.4. The molecule has 0 aliphatic rings. The first-order valence-corrected chi connectivity index (χ1v) is 13.2. The van der Waals surface area contributed by atoms with Crippen molar-refractivity contribution in [3.63, 3.8) is 0 Å². The third-order valence-corrected chi connectivity index (χ3v) is 7.66. The second kappa shape index (κ2) is 11.5. The van der Waals surface area contributed by atoms with Crippen molar-refractivity contribution in [1.82, 2.24) is 5.32 Å². The number of benzene rings is 3. The fourth-order valence-corrected chi connectivity index (χ4v) is 5.08. The Hall–Kier alpha value is -2.83. The molecule has 0 radical (unpaired) electrons. The summed E-state index contributed by atoms with van der Waals surface area (Å²) in [7, 11) is -3.92. The molecule has 0 saturated heterocycles. The van der Waals surface area contributed by atoms with Crippen LogP contribution in [0.15, 0.2) is 77.7 Å². The maximum Gasteiger partial charge on any atom is 0.264 e. The highest BCUT2D eigenvalue weighted by Crippen LogP contribution is 2.26. The SMILES string of the molecule is Cc1ccc(S(=O)(=O)N(CC(=O)NCCCc2ccc(Cl)cc2)c2ccc(C(C)C)cc2)cc1. The summed E-state index contributed by atoms with van der Waals surface area (Å²) in [6.07, 6.45) is 1.53. The minimum absolute atomic E-state index is 0.154. The Morgan fingerprint density at radius 2 is 1.56 bits per heavy atom. The van der Waals surface area contributed by atoms with Gasteiger partial charge in [0.05, 0.1) is 10.6 Å². The Morgan fingerprint density at radius 3 is 2.15 bits per heavy atom. The van der Waals surface area contributed by atoms with Gasteiger partial charge in [0.25, 0.3) is 10.0 Å². The van der Waals surface area contributed by atoms with Crippen LogP contribution < -0.4 is 9.62 Å². The largest absolute Gasteiger partial charge is 0.355 e. The molecule has 7 heteroatoms. The summed E-state index contributed by atoms with van der Waals surface area (Å²) in [6, 6.07) is 21.6. The van der Waals surface area contributed by atoms with E-state index in [1.807, 2.05) is 43.3 Å². The number of rotatable bonds is 10. The van der Waals surface area contributed by atoms with Crippen molar-refractivity contribution in [2.75, 3.05) is 17.4 Å². The van der Waals surface area contributed by atoms with Crippen molar-refractivity contribution in [2.45, 2.75) is 44.4 Å². The number of sulfonamides is 1. The summed E-state index contributed by atoms with van der Waals surface area (Å²) in [5.74, 6) is -0.0279. The highest BCUT2D eigenvalue weighted by molar-refractivity contribution is 7.92. The first kappa shape index (κ1) is 25.8. The summed E-state index contributed by atoms with van der Waals surface area (Å²) in [5, 5.41) is 3.54. The topological polar surface area (TPSA) is 66.5 Å². The van der Waals surface area contributed by atoms with Crippen LogP contribution in [0.3, 0.4) is 0 Å². The van der Waals surface area contributed by atoms with E-state index in [4.69, 9.17) is 11.6 Å². The highest BCUT2D eigenvalue weighted by Gasteiger charge is 2.27. The molecule has 1 amide bonds. The van der Waals surface area contributed by atoms with E-state index in [0.717, 1.165) is 29.5 Å². The Bertz CT molecular complexity index is 1190. The van der Waals surface area contributed by atoms with E-state index < -0.39 is 10.0 Å². The van der Waals surface area contributed by atoms with Gasteiger partial charge in [0.1, 0.15) is 6.54 Å². The van der Waals surface area contributed by atoms with Crippen molar-refractivity contribution in [1.29, 1.82) is 0 Å². The van der Waals surface area contributed by atoms with Crippen LogP contribution in [0.1, 0.15) is 42.9 Å². The van der Waals surface area contributed by atoms with E-state index >= 15 is 0 Å². The molecule has 5 nitrogen and oxygen atoms in total. The Balaban J connectivity index is 1.73. The quantitative estimate of drug-likeness (QED) is 0.364. The van der Waals surface area contributed by atoms with Gasteiger partial charge in [0.2, 0.25) is 5.91 Å². The molecule has 0 atom stereocenters. The van der Waals surface area contributed by atoms with E-state index in [1.165, 1.54) is 4.31 Å². The molecule has 1 N–H and O–H groups in total. The maximum atomic E-state index is 13.5. The second-order valence-corrected chi connectivity index (χ2v) is 10.9. The zero-order chi connectivity index (χ0) is 24.7. The predicted octanol–water partition coefficient (Wildman–Crippen LogP) is 5.72. The van der Waals surface area contributed by atoms with Gasteiger partial charge in [0.15, 0.2) is 0 Å². The number of aryl methyl sites for hydroxylation is 2. The minimum Gasteiger partial charge on any atom is -0.355 e. The van der Waals surface area contributed by atoms with Gasteiger partial charge in [-0.15, -0.1) is 0 Å². The third kappa shape index (κ3) is 6.84.